The second-order valence-corrected chi connectivity index (χ2v) is 8.46. The fourth-order valence-electron chi connectivity index (χ4n) is 3.07. The Balaban J connectivity index is 1.88. The van der Waals surface area contributed by atoms with Gasteiger partial charge in [-0.05, 0) is 12.8 Å². The Kier molecular flexibility index (Phi) is 4.92. The van der Waals surface area contributed by atoms with Crippen molar-refractivity contribution in [3.63, 3.8) is 0 Å². The molecular weight excluding hydrogens is 292 g/mol. The number of nitrogens with zero attached hydrogens (tertiary/aromatic N) is 3. The Hall–Kier alpha value is -0.700. The van der Waals surface area contributed by atoms with Gasteiger partial charge in [0, 0.05) is 52.2 Å². The van der Waals surface area contributed by atoms with Gasteiger partial charge < -0.3 is 10.6 Å². The van der Waals surface area contributed by atoms with E-state index in [1.165, 1.54) is 22.7 Å². The summed E-state index contributed by atoms with van der Waals surface area (Å²) in [5.41, 5.74) is 5.90. The third kappa shape index (κ3) is 3.74. The van der Waals surface area contributed by atoms with E-state index in [-0.39, 0.29) is 11.4 Å². The first-order chi connectivity index (χ1) is 9.74. The van der Waals surface area contributed by atoms with Crippen molar-refractivity contribution in [1.29, 1.82) is 0 Å². The molecule has 0 aromatic rings. The zero-order valence-corrected chi connectivity index (χ0v) is 13.7. The van der Waals surface area contributed by atoms with Crippen molar-refractivity contribution < 1.29 is 13.2 Å². The summed E-state index contributed by atoms with van der Waals surface area (Å²) in [5.74, 6) is 0.0568. The Bertz CT molecular complexity index is 478. The second kappa shape index (κ2) is 6.20. The zero-order chi connectivity index (χ0) is 15.7. The molecule has 2 fully saturated rings. The molecule has 1 aliphatic heterocycles. The van der Waals surface area contributed by atoms with Gasteiger partial charge in [-0.15, -0.1) is 0 Å². The van der Waals surface area contributed by atoms with Crippen LogP contribution in [0.5, 0.6) is 0 Å². The lowest BCUT2D eigenvalue weighted by Crippen LogP contribution is -2.54. The highest BCUT2D eigenvalue weighted by Gasteiger charge is 2.35. The first kappa shape index (κ1) is 16.7. The third-order valence-electron chi connectivity index (χ3n) is 4.48. The van der Waals surface area contributed by atoms with Crippen LogP contribution in [-0.2, 0) is 15.0 Å². The lowest BCUT2D eigenvalue weighted by Gasteiger charge is -2.36. The Morgan fingerprint density at radius 1 is 1.14 bits per heavy atom. The molecule has 0 spiro atoms. The summed E-state index contributed by atoms with van der Waals surface area (Å²) in [7, 11) is -0.342. The van der Waals surface area contributed by atoms with Crippen LogP contribution in [0.15, 0.2) is 0 Å². The molecule has 1 amide bonds. The predicted molar refractivity (Wildman–Crippen MR) is 80.8 cm³/mol. The average Bonchev–Trinajstić information content (AvgIpc) is 2.85. The van der Waals surface area contributed by atoms with Gasteiger partial charge in [-0.1, -0.05) is 12.8 Å². The monoisotopic (exact) mass is 318 g/mol. The standard InChI is InChI=1S/C13H26N4O3S/c1-15(2)21(19,20)17-9-7-16(8-10-17)12(18)11-13(14)5-3-4-6-13/h3-11,14H2,1-2H3. The Morgan fingerprint density at radius 2 is 1.67 bits per heavy atom. The molecule has 122 valence electrons. The molecule has 0 atom stereocenters. The van der Waals surface area contributed by atoms with Crippen molar-refractivity contribution >= 4 is 16.1 Å². The van der Waals surface area contributed by atoms with E-state index in [0.29, 0.717) is 32.6 Å². The quantitative estimate of drug-likeness (QED) is 0.764. The number of rotatable bonds is 4. The van der Waals surface area contributed by atoms with Gasteiger partial charge in [-0.25, -0.2) is 0 Å². The van der Waals surface area contributed by atoms with Crippen molar-refractivity contribution in [3.05, 3.63) is 0 Å². The molecule has 1 saturated carbocycles. The van der Waals surface area contributed by atoms with Crippen LogP contribution in [0.1, 0.15) is 32.1 Å². The first-order valence-corrected chi connectivity index (χ1v) is 8.89. The molecule has 2 rings (SSSR count). The molecule has 0 unspecified atom stereocenters. The van der Waals surface area contributed by atoms with Crippen LogP contribution in [0.4, 0.5) is 0 Å². The number of carbonyl (C=O) groups is 1. The topological polar surface area (TPSA) is 87.0 Å². The van der Waals surface area contributed by atoms with Crippen LogP contribution in [-0.4, -0.2) is 73.6 Å². The normalized spacial score (nSPS) is 23.7. The molecule has 21 heavy (non-hydrogen) atoms. The van der Waals surface area contributed by atoms with E-state index in [0.717, 1.165) is 25.7 Å². The van der Waals surface area contributed by atoms with E-state index < -0.39 is 10.2 Å². The number of hydrogen-bond acceptors (Lipinski definition) is 4. The third-order valence-corrected chi connectivity index (χ3v) is 6.42. The highest BCUT2D eigenvalue weighted by molar-refractivity contribution is 7.86. The predicted octanol–water partition coefficient (Wildman–Crippen LogP) is -0.401. The van der Waals surface area contributed by atoms with Gasteiger partial charge in [0.15, 0.2) is 0 Å². The molecule has 0 aromatic carbocycles. The molecule has 1 saturated heterocycles. The van der Waals surface area contributed by atoms with Gasteiger partial charge in [-0.3, -0.25) is 4.79 Å². The van der Waals surface area contributed by atoms with Gasteiger partial charge in [0.1, 0.15) is 0 Å². The van der Waals surface area contributed by atoms with Gasteiger partial charge in [0.05, 0.1) is 0 Å². The summed E-state index contributed by atoms with van der Waals surface area (Å²) in [5, 5.41) is 0. The van der Waals surface area contributed by atoms with Gasteiger partial charge >= 0.3 is 0 Å². The van der Waals surface area contributed by atoms with Crippen LogP contribution in [0.25, 0.3) is 0 Å². The lowest BCUT2D eigenvalue weighted by molar-refractivity contribution is -0.133. The maximum atomic E-state index is 12.3. The zero-order valence-electron chi connectivity index (χ0n) is 12.9. The molecule has 8 heteroatoms. The minimum absolute atomic E-state index is 0.0568. The minimum Gasteiger partial charge on any atom is -0.340 e. The van der Waals surface area contributed by atoms with E-state index in [2.05, 4.69) is 0 Å². The van der Waals surface area contributed by atoms with Gasteiger partial charge in [0.2, 0.25) is 5.91 Å². The number of piperazine rings is 1. The van der Waals surface area contributed by atoms with Crippen LogP contribution in [0, 0.1) is 0 Å². The van der Waals surface area contributed by atoms with Gasteiger partial charge in [-0.2, -0.15) is 17.0 Å². The van der Waals surface area contributed by atoms with Crippen molar-refractivity contribution in [3.8, 4) is 0 Å². The van der Waals surface area contributed by atoms with Crippen molar-refractivity contribution in [2.24, 2.45) is 5.73 Å². The second-order valence-electron chi connectivity index (χ2n) is 6.32. The van der Waals surface area contributed by atoms with Crippen molar-refractivity contribution in [2.75, 3.05) is 40.3 Å². The van der Waals surface area contributed by atoms with E-state index in [1.807, 2.05) is 0 Å². The number of carbonyl (C=O) groups excluding carboxylic acids is 1. The van der Waals surface area contributed by atoms with Crippen LogP contribution >= 0.6 is 0 Å². The number of amides is 1. The lowest BCUT2D eigenvalue weighted by atomic mass is 9.94. The summed E-state index contributed by atoms with van der Waals surface area (Å²) < 4.78 is 26.7. The molecule has 2 aliphatic rings. The fraction of sp³-hybridized carbons (Fsp3) is 0.923. The number of nitrogens with two attached hydrogens (primary N) is 1. The molecule has 0 bridgehead atoms. The minimum atomic E-state index is -3.38. The SMILES string of the molecule is CN(C)S(=O)(=O)N1CCN(C(=O)CC2(N)CCCC2)CC1. The van der Waals surface area contributed by atoms with Gasteiger partial charge in [0.25, 0.3) is 10.2 Å². The smallest absolute Gasteiger partial charge is 0.281 e. The summed E-state index contributed by atoms with van der Waals surface area (Å²) in [6, 6.07) is 0. The van der Waals surface area contributed by atoms with E-state index >= 15 is 0 Å². The Labute approximate surface area is 127 Å². The maximum Gasteiger partial charge on any atom is 0.281 e. The average molecular weight is 318 g/mol. The summed E-state index contributed by atoms with van der Waals surface area (Å²) in [4.78, 5) is 14.1. The largest absolute Gasteiger partial charge is 0.340 e. The Morgan fingerprint density at radius 3 is 2.14 bits per heavy atom. The molecule has 7 nitrogen and oxygen atoms in total. The highest BCUT2D eigenvalue weighted by atomic mass is 32.2. The summed E-state index contributed by atoms with van der Waals surface area (Å²) >= 11 is 0. The van der Waals surface area contributed by atoms with Crippen LogP contribution < -0.4 is 5.73 Å². The summed E-state index contributed by atoms with van der Waals surface area (Å²) in [6.45, 7) is 1.59. The first-order valence-electron chi connectivity index (χ1n) is 7.49. The number of hydrogen-bond donors (Lipinski definition) is 1. The van der Waals surface area contributed by atoms with Crippen molar-refractivity contribution in [2.45, 2.75) is 37.6 Å². The molecule has 0 radical (unpaired) electrons. The van der Waals surface area contributed by atoms with E-state index in [9.17, 15) is 13.2 Å². The fourth-order valence-corrected chi connectivity index (χ4v) is 4.15. The van der Waals surface area contributed by atoms with Crippen molar-refractivity contribution in [1.82, 2.24) is 13.5 Å². The highest BCUT2D eigenvalue weighted by Crippen LogP contribution is 2.30. The molecular formula is C13H26N4O3S. The molecule has 1 heterocycles. The summed E-state index contributed by atoms with van der Waals surface area (Å²) in [6.07, 6.45) is 4.39. The van der Waals surface area contributed by atoms with E-state index in [4.69, 9.17) is 5.73 Å². The molecule has 1 aliphatic carbocycles. The van der Waals surface area contributed by atoms with Crippen LogP contribution in [0.3, 0.4) is 0 Å². The van der Waals surface area contributed by atoms with E-state index in [1.54, 1.807) is 4.90 Å². The molecule has 2 N–H and O–H groups in total. The van der Waals surface area contributed by atoms with Crippen LogP contribution in [0.2, 0.25) is 0 Å². The molecule has 0 aromatic heterocycles. The maximum absolute atomic E-state index is 12.3.